The molecule has 0 bridgehead atoms. The Morgan fingerprint density at radius 3 is 2.94 bits per heavy atom. The molecule has 4 heteroatoms. The molecule has 88 valence electrons. The SMILES string of the molecule is CCOc1cccc(-c2c[nH]cc2C(=O)O)c1. The summed E-state index contributed by atoms with van der Waals surface area (Å²) in [5.74, 6) is -0.203. The molecule has 0 saturated heterocycles. The van der Waals surface area contributed by atoms with Crippen LogP contribution in [-0.4, -0.2) is 22.7 Å². The van der Waals surface area contributed by atoms with Gasteiger partial charge in [-0.2, -0.15) is 0 Å². The van der Waals surface area contributed by atoms with E-state index in [1.165, 1.54) is 6.20 Å². The molecule has 2 aromatic rings. The fraction of sp³-hybridized carbons (Fsp3) is 0.154. The van der Waals surface area contributed by atoms with Crippen LogP contribution in [0.5, 0.6) is 5.75 Å². The van der Waals surface area contributed by atoms with Gasteiger partial charge in [0.2, 0.25) is 0 Å². The molecule has 4 nitrogen and oxygen atoms in total. The van der Waals surface area contributed by atoms with E-state index in [4.69, 9.17) is 9.84 Å². The molecule has 1 aromatic carbocycles. The van der Waals surface area contributed by atoms with Crippen LogP contribution in [0.4, 0.5) is 0 Å². The molecule has 2 rings (SSSR count). The number of carboxylic acids is 1. The highest BCUT2D eigenvalue weighted by Crippen LogP contribution is 2.26. The number of hydrogen-bond donors (Lipinski definition) is 2. The normalized spacial score (nSPS) is 10.2. The lowest BCUT2D eigenvalue weighted by molar-refractivity contribution is 0.0698. The van der Waals surface area contributed by atoms with Gasteiger partial charge in [-0.05, 0) is 24.6 Å². The Hall–Kier alpha value is -2.23. The largest absolute Gasteiger partial charge is 0.494 e. The fourth-order valence-corrected chi connectivity index (χ4v) is 1.70. The van der Waals surface area contributed by atoms with Crippen LogP contribution in [0.1, 0.15) is 17.3 Å². The number of aromatic carboxylic acids is 1. The summed E-state index contributed by atoms with van der Waals surface area (Å²) in [5, 5.41) is 9.04. The zero-order valence-corrected chi connectivity index (χ0v) is 9.43. The van der Waals surface area contributed by atoms with Crippen molar-refractivity contribution < 1.29 is 14.6 Å². The van der Waals surface area contributed by atoms with Gasteiger partial charge in [0.1, 0.15) is 5.75 Å². The first-order chi connectivity index (χ1) is 8.22. The number of rotatable bonds is 4. The monoisotopic (exact) mass is 231 g/mol. The quantitative estimate of drug-likeness (QED) is 0.850. The van der Waals surface area contributed by atoms with Gasteiger partial charge in [-0.15, -0.1) is 0 Å². The summed E-state index contributed by atoms with van der Waals surface area (Å²) in [6, 6.07) is 7.39. The molecule has 0 atom stereocenters. The average molecular weight is 231 g/mol. The Balaban J connectivity index is 2.42. The van der Waals surface area contributed by atoms with Crippen molar-refractivity contribution in [3.05, 3.63) is 42.2 Å². The van der Waals surface area contributed by atoms with Gasteiger partial charge >= 0.3 is 5.97 Å². The first-order valence-electron chi connectivity index (χ1n) is 5.35. The molecule has 0 aliphatic rings. The predicted octanol–water partition coefficient (Wildman–Crippen LogP) is 2.78. The van der Waals surface area contributed by atoms with E-state index in [1.54, 1.807) is 6.20 Å². The van der Waals surface area contributed by atoms with Gasteiger partial charge in [-0.1, -0.05) is 12.1 Å². The third-order valence-corrected chi connectivity index (χ3v) is 2.43. The van der Waals surface area contributed by atoms with E-state index in [1.807, 2.05) is 31.2 Å². The van der Waals surface area contributed by atoms with Gasteiger partial charge in [0.15, 0.2) is 0 Å². The van der Waals surface area contributed by atoms with E-state index >= 15 is 0 Å². The van der Waals surface area contributed by atoms with E-state index in [-0.39, 0.29) is 5.56 Å². The van der Waals surface area contributed by atoms with Gasteiger partial charge < -0.3 is 14.8 Å². The molecular weight excluding hydrogens is 218 g/mol. The topological polar surface area (TPSA) is 62.3 Å². The Kier molecular flexibility index (Phi) is 3.14. The summed E-state index contributed by atoms with van der Waals surface area (Å²) in [6.45, 7) is 2.49. The average Bonchev–Trinajstić information content (AvgIpc) is 2.79. The maximum atomic E-state index is 11.0. The Morgan fingerprint density at radius 2 is 2.24 bits per heavy atom. The highest BCUT2D eigenvalue weighted by Gasteiger charge is 2.12. The number of H-pyrrole nitrogens is 1. The van der Waals surface area contributed by atoms with Crippen molar-refractivity contribution in [1.82, 2.24) is 4.98 Å². The minimum absolute atomic E-state index is 0.263. The maximum Gasteiger partial charge on any atom is 0.337 e. The van der Waals surface area contributed by atoms with Gasteiger partial charge in [0.25, 0.3) is 0 Å². The first-order valence-corrected chi connectivity index (χ1v) is 5.35. The highest BCUT2D eigenvalue weighted by molar-refractivity contribution is 5.95. The first kappa shape index (κ1) is 11.3. The van der Waals surface area contributed by atoms with Gasteiger partial charge in [-0.3, -0.25) is 0 Å². The van der Waals surface area contributed by atoms with Crippen LogP contribution in [0.3, 0.4) is 0 Å². The van der Waals surface area contributed by atoms with Crippen LogP contribution in [0, 0.1) is 0 Å². The van der Waals surface area contributed by atoms with Gasteiger partial charge in [-0.25, -0.2) is 4.79 Å². The van der Waals surface area contributed by atoms with Crippen LogP contribution in [0.15, 0.2) is 36.7 Å². The summed E-state index contributed by atoms with van der Waals surface area (Å²) < 4.78 is 5.39. The van der Waals surface area contributed by atoms with Crippen molar-refractivity contribution in [2.75, 3.05) is 6.61 Å². The summed E-state index contributed by atoms with van der Waals surface area (Å²) >= 11 is 0. The Bertz CT molecular complexity index is 531. The number of nitrogens with one attached hydrogen (secondary N) is 1. The predicted molar refractivity (Wildman–Crippen MR) is 64.4 cm³/mol. The summed E-state index contributed by atoms with van der Waals surface area (Å²) in [5.41, 5.74) is 1.76. The lowest BCUT2D eigenvalue weighted by Gasteiger charge is -2.05. The second-order valence-electron chi connectivity index (χ2n) is 3.55. The molecule has 2 N–H and O–H groups in total. The summed E-state index contributed by atoms with van der Waals surface area (Å²) in [4.78, 5) is 13.8. The third-order valence-electron chi connectivity index (χ3n) is 2.43. The second kappa shape index (κ2) is 4.74. The van der Waals surface area contributed by atoms with Crippen molar-refractivity contribution in [2.45, 2.75) is 6.92 Å². The van der Waals surface area contributed by atoms with E-state index in [0.29, 0.717) is 12.2 Å². The molecule has 0 radical (unpaired) electrons. The van der Waals surface area contributed by atoms with Crippen LogP contribution in [0.2, 0.25) is 0 Å². The van der Waals surface area contributed by atoms with E-state index < -0.39 is 5.97 Å². The van der Waals surface area contributed by atoms with Gasteiger partial charge in [0, 0.05) is 18.0 Å². The Morgan fingerprint density at radius 1 is 1.41 bits per heavy atom. The number of carbonyl (C=O) groups is 1. The molecule has 0 aliphatic carbocycles. The molecule has 0 unspecified atom stereocenters. The van der Waals surface area contributed by atoms with E-state index in [9.17, 15) is 4.79 Å². The summed E-state index contributed by atoms with van der Waals surface area (Å²) in [7, 11) is 0. The molecule has 0 amide bonds. The van der Waals surface area contributed by atoms with Crippen molar-refractivity contribution in [2.24, 2.45) is 0 Å². The van der Waals surface area contributed by atoms with Gasteiger partial charge in [0.05, 0.1) is 12.2 Å². The highest BCUT2D eigenvalue weighted by atomic mass is 16.5. The Labute approximate surface area is 98.9 Å². The molecular formula is C13H13NO3. The minimum atomic E-state index is -0.942. The van der Waals surface area contributed by atoms with Crippen molar-refractivity contribution >= 4 is 5.97 Å². The lowest BCUT2D eigenvalue weighted by atomic mass is 10.0. The van der Waals surface area contributed by atoms with E-state index in [2.05, 4.69) is 4.98 Å². The number of benzene rings is 1. The van der Waals surface area contributed by atoms with Crippen LogP contribution < -0.4 is 4.74 Å². The molecule has 1 aromatic heterocycles. The molecule has 0 spiro atoms. The smallest absolute Gasteiger partial charge is 0.337 e. The number of hydrogen-bond acceptors (Lipinski definition) is 2. The maximum absolute atomic E-state index is 11.0. The second-order valence-corrected chi connectivity index (χ2v) is 3.55. The minimum Gasteiger partial charge on any atom is -0.494 e. The van der Waals surface area contributed by atoms with Crippen LogP contribution >= 0.6 is 0 Å². The molecule has 0 aliphatic heterocycles. The zero-order valence-electron chi connectivity index (χ0n) is 9.43. The van der Waals surface area contributed by atoms with E-state index in [0.717, 1.165) is 11.3 Å². The standard InChI is InChI=1S/C13H13NO3/c1-2-17-10-5-3-4-9(6-10)11-7-14-8-12(11)13(15)16/h3-8,14H,2H2,1H3,(H,15,16). The molecule has 0 fully saturated rings. The van der Waals surface area contributed by atoms with Crippen LogP contribution in [-0.2, 0) is 0 Å². The molecule has 1 heterocycles. The fourth-order valence-electron chi connectivity index (χ4n) is 1.70. The summed E-state index contributed by atoms with van der Waals surface area (Å²) in [6.07, 6.45) is 3.15. The third kappa shape index (κ3) is 2.30. The molecule has 0 saturated carbocycles. The molecule has 17 heavy (non-hydrogen) atoms. The number of ether oxygens (including phenoxy) is 1. The van der Waals surface area contributed by atoms with Crippen molar-refractivity contribution in [3.63, 3.8) is 0 Å². The zero-order chi connectivity index (χ0) is 12.3. The number of aromatic amines is 1. The lowest BCUT2D eigenvalue weighted by Crippen LogP contribution is -1.96. The van der Waals surface area contributed by atoms with Crippen molar-refractivity contribution in [1.29, 1.82) is 0 Å². The van der Waals surface area contributed by atoms with Crippen molar-refractivity contribution in [3.8, 4) is 16.9 Å². The van der Waals surface area contributed by atoms with Crippen LogP contribution in [0.25, 0.3) is 11.1 Å². The number of aromatic nitrogens is 1. The number of carboxylic acid groups (broad SMARTS) is 1.